The molecule has 0 radical (unpaired) electrons. The zero-order valence-corrected chi connectivity index (χ0v) is 23.7. The molecule has 6 nitrogen and oxygen atoms in total. The predicted octanol–water partition coefficient (Wildman–Crippen LogP) is 6.79. The number of hydrogen-bond donors (Lipinski definition) is 1. The molecule has 0 saturated carbocycles. The van der Waals surface area contributed by atoms with Gasteiger partial charge in [0.15, 0.2) is 0 Å². The van der Waals surface area contributed by atoms with E-state index in [1.165, 1.54) is 11.3 Å². The Morgan fingerprint density at radius 1 is 1.14 bits per heavy atom. The van der Waals surface area contributed by atoms with Gasteiger partial charge < -0.3 is 10.2 Å². The number of hydrogen-bond acceptors (Lipinski definition) is 5. The first kappa shape index (κ1) is 27.0. The summed E-state index contributed by atoms with van der Waals surface area (Å²) in [5, 5.41) is 2.40. The van der Waals surface area contributed by atoms with Crippen LogP contribution in [0.4, 0.5) is 16.2 Å². The third-order valence-corrected chi connectivity index (χ3v) is 8.25. The molecular formula is C30H37N3O3S. The summed E-state index contributed by atoms with van der Waals surface area (Å²) in [6.07, 6.45) is 3.93. The van der Waals surface area contributed by atoms with E-state index < -0.39 is 17.1 Å². The smallest absolute Gasteiger partial charge is 0.294 e. The molecule has 7 heteroatoms. The van der Waals surface area contributed by atoms with Gasteiger partial charge in [-0.2, -0.15) is 0 Å². The molecule has 1 fully saturated rings. The van der Waals surface area contributed by atoms with Crippen molar-refractivity contribution in [3.8, 4) is 0 Å². The number of thioether (sulfide) groups is 1. The van der Waals surface area contributed by atoms with Gasteiger partial charge >= 0.3 is 0 Å². The summed E-state index contributed by atoms with van der Waals surface area (Å²) in [5.74, 6) is -0.438. The lowest BCUT2D eigenvalue weighted by Crippen LogP contribution is -2.48. The summed E-state index contributed by atoms with van der Waals surface area (Å²) in [4.78, 5) is 42.3. The second kappa shape index (κ2) is 10.4. The van der Waals surface area contributed by atoms with Gasteiger partial charge in [-0.3, -0.25) is 19.3 Å². The van der Waals surface area contributed by atoms with Gasteiger partial charge in [-0.25, -0.2) is 0 Å². The number of carbonyl (C=O) groups is 3. The first-order chi connectivity index (χ1) is 17.4. The second-order valence-electron chi connectivity index (χ2n) is 11.0. The molecule has 37 heavy (non-hydrogen) atoms. The Morgan fingerprint density at radius 2 is 1.86 bits per heavy atom. The molecule has 1 unspecified atom stereocenters. The number of rotatable bonds is 6. The average molecular weight is 520 g/mol. The number of carbonyl (C=O) groups excluding carboxylic acids is 3. The molecule has 2 aliphatic rings. The number of amides is 3. The maximum Gasteiger partial charge on any atom is 0.294 e. The third kappa shape index (κ3) is 5.47. The minimum absolute atomic E-state index is 0.0801. The first-order valence-corrected chi connectivity index (χ1v) is 13.8. The van der Waals surface area contributed by atoms with Crippen molar-refractivity contribution < 1.29 is 14.4 Å². The van der Waals surface area contributed by atoms with Crippen LogP contribution in [-0.4, -0.2) is 40.6 Å². The quantitative estimate of drug-likeness (QED) is 0.426. The van der Waals surface area contributed by atoms with E-state index in [2.05, 4.69) is 50.0 Å². The topological polar surface area (TPSA) is 69.7 Å². The van der Waals surface area contributed by atoms with Gasteiger partial charge in [0.1, 0.15) is 6.54 Å². The summed E-state index contributed by atoms with van der Waals surface area (Å²) < 4.78 is 0. The van der Waals surface area contributed by atoms with Crippen LogP contribution in [0.15, 0.2) is 35.2 Å². The highest BCUT2D eigenvalue weighted by Crippen LogP contribution is 2.45. The molecule has 0 aliphatic carbocycles. The first-order valence-electron chi connectivity index (χ1n) is 13.0. The molecule has 3 amide bonds. The van der Waals surface area contributed by atoms with Crippen molar-refractivity contribution in [1.82, 2.24) is 4.90 Å². The Morgan fingerprint density at radius 3 is 2.54 bits per heavy atom. The van der Waals surface area contributed by atoms with Gasteiger partial charge in [-0.05, 0) is 112 Å². The summed E-state index contributed by atoms with van der Waals surface area (Å²) in [7, 11) is 0. The van der Waals surface area contributed by atoms with Crippen LogP contribution in [0.1, 0.15) is 74.3 Å². The van der Waals surface area contributed by atoms with Gasteiger partial charge in [0, 0.05) is 23.5 Å². The number of benzene rings is 2. The maximum absolute atomic E-state index is 13.1. The standard InChI is InChI=1S/C30H37N3O3S/c1-8-11-33-25-13-19(3)22(14-23(25)21(5)16-30(33,6)7)15-26-28(35)32(29(36)37-26)17-27(34)31-24-10-9-18(2)12-20(24)4/h9-10,12-15,21H,8,11,16-17H2,1-7H3,(H,31,34)/b26-15+. The molecule has 0 spiro atoms. The largest absolute Gasteiger partial charge is 0.366 e. The van der Waals surface area contributed by atoms with E-state index in [-0.39, 0.29) is 12.1 Å². The van der Waals surface area contributed by atoms with Crippen molar-refractivity contribution in [1.29, 1.82) is 0 Å². The third-order valence-electron chi connectivity index (χ3n) is 7.34. The number of nitrogens with zero attached hydrogens (tertiary/aromatic N) is 2. The van der Waals surface area contributed by atoms with Crippen LogP contribution in [0.3, 0.4) is 0 Å². The van der Waals surface area contributed by atoms with E-state index in [0.717, 1.165) is 58.3 Å². The lowest BCUT2D eigenvalue weighted by molar-refractivity contribution is -0.127. The molecule has 0 aromatic heterocycles. The zero-order chi connectivity index (χ0) is 27.1. The molecule has 1 N–H and O–H groups in total. The number of nitrogens with one attached hydrogen (secondary N) is 1. The zero-order valence-electron chi connectivity index (χ0n) is 22.9. The van der Waals surface area contributed by atoms with Crippen LogP contribution in [0.25, 0.3) is 6.08 Å². The van der Waals surface area contributed by atoms with Crippen LogP contribution in [0.2, 0.25) is 0 Å². The summed E-state index contributed by atoms with van der Waals surface area (Å²) in [5.41, 5.74) is 7.32. The normalized spacial score (nSPS) is 20.0. The SMILES string of the molecule is CCCN1c2cc(C)c(/C=C3/SC(=O)N(CC(=O)Nc4ccc(C)cc4C)C3=O)cc2C(C)CC1(C)C. The molecule has 2 aliphatic heterocycles. The van der Waals surface area contributed by atoms with Crippen LogP contribution in [0, 0.1) is 20.8 Å². The molecule has 4 rings (SSSR count). The number of anilines is 2. The Kier molecular flexibility index (Phi) is 7.56. The molecule has 1 saturated heterocycles. The Labute approximate surface area is 224 Å². The molecular weight excluding hydrogens is 482 g/mol. The van der Waals surface area contributed by atoms with Crippen molar-refractivity contribution in [3.63, 3.8) is 0 Å². The van der Waals surface area contributed by atoms with E-state index >= 15 is 0 Å². The molecule has 0 bridgehead atoms. The van der Waals surface area contributed by atoms with Crippen LogP contribution in [-0.2, 0) is 9.59 Å². The monoisotopic (exact) mass is 519 g/mol. The molecule has 2 aromatic rings. The van der Waals surface area contributed by atoms with Crippen molar-refractivity contribution in [2.24, 2.45) is 0 Å². The second-order valence-corrected chi connectivity index (χ2v) is 12.0. The molecule has 1 atom stereocenters. The van der Waals surface area contributed by atoms with Crippen molar-refractivity contribution in [3.05, 3.63) is 63.1 Å². The number of aryl methyl sites for hydroxylation is 3. The van der Waals surface area contributed by atoms with E-state index in [9.17, 15) is 14.4 Å². The van der Waals surface area contributed by atoms with E-state index in [1.807, 2.05) is 39.0 Å². The maximum atomic E-state index is 13.1. The minimum Gasteiger partial charge on any atom is -0.366 e. The summed E-state index contributed by atoms with van der Waals surface area (Å²) >= 11 is 0.893. The van der Waals surface area contributed by atoms with Gasteiger partial charge in [0.05, 0.1) is 4.91 Å². The number of fused-ring (bicyclic) bond motifs is 1. The van der Waals surface area contributed by atoms with E-state index in [4.69, 9.17) is 0 Å². The predicted molar refractivity (Wildman–Crippen MR) is 153 cm³/mol. The lowest BCUT2D eigenvalue weighted by atomic mass is 9.79. The minimum atomic E-state index is -0.426. The van der Waals surface area contributed by atoms with Crippen LogP contribution in [0.5, 0.6) is 0 Å². The summed E-state index contributed by atoms with van der Waals surface area (Å²) in [6.45, 7) is 15.7. The van der Waals surface area contributed by atoms with Crippen molar-refractivity contribution in [2.45, 2.75) is 72.8 Å². The van der Waals surface area contributed by atoms with Gasteiger partial charge in [-0.1, -0.05) is 31.5 Å². The molecule has 196 valence electrons. The fourth-order valence-electron chi connectivity index (χ4n) is 5.52. The average Bonchev–Trinajstić information content (AvgIpc) is 3.06. The van der Waals surface area contributed by atoms with Gasteiger partial charge in [0.2, 0.25) is 5.91 Å². The summed E-state index contributed by atoms with van der Waals surface area (Å²) in [6, 6.07) is 10.1. The highest BCUT2D eigenvalue weighted by atomic mass is 32.2. The van der Waals surface area contributed by atoms with Crippen LogP contribution < -0.4 is 10.2 Å². The fraction of sp³-hybridized carbons (Fsp3) is 0.433. The van der Waals surface area contributed by atoms with Crippen molar-refractivity contribution in [2.75, 3.05) is 23.3 Å². The van der Waals surface area contributed by atoms with E-state index in [0.29, 0.717) is 16.5 Å². The lowest BCUT2D eigenvalue weighted by Gasteiger charge is -2.48. The van der Waals surface area contributed by atoms with Crippen molar-refractivity contribution >= 4 is 46.3 Å². The van der Waals surface area contributed by atoms with Gasteiger partial charge in [0.25, 0.3) is 11.1 Å². The molecule has 2 aromatic carbocycles. The highest BCUT2D eigenvalue weighted by Gasteiger charge is 2.38. The highest BCUT2D eigenvalue weighted by molar-refractivity contribution is 8.18. The fourth-order valence-corrected chi connectivity index (χ4v) is 6.35. The van der Waals surface area contributed by atoms with Crippen LogP contribution >= 0.6 is 11.8 Å². The Balaban J connectivity index is 1.56. The Bertz CT molecular complexity index is 1300. The molecule has 2 heterocycles. The number of imide groups is 1. The Hall–Kier alpha value is -3.06. The van der Waals surface area contributed by atoms with Gasteiger partial charge in [-0.15, -0.1) is 0 Å². The van der Waals surface area contributed by atoms with E-state index in [1.54, 1.807) is 6.08 Å².